The molecule has 2 aliphatic heterocycles. The molecule has 7 rings (SSSR count). The molecule has 0 bridgehead atoms. The second kappa shape index (κ2) is 11.8. The molecular weight excluding hydrogens is 532 g/mol. The number of fused-ring (bicyclic) bond motifs is 2. The van der Waals surface area contributed by atoms with Crippen LogP contribution in [0.2, 0.25) is 0 Å². The predicted octanol–water partition coefficient (Wildman–Crippen LogP) is 7.02. The number of aryl methyl sites for hydroxylation is 1. The minimum atomic E-state index is -0.00232. The van der Waals surface area contributed by atoms with Crippen LogP contribution in [0.5, 0.6) is 0 Å². The van der Waals surface area contributed by atoms with Crippen molar-refractivity contribution in [2.45, 2.75) is 58.0 Å². The van der Waals surface area contributed by atoms with Crippen molar-refractivity contribution >= 4 is 23.2 Å². The summed E-state index contributed by atoms with van der Waals surface area (Å²) in [6.45, 7) is 6.13. The van der Waals surface area contributed by atoms with Crippen molar-refractivity contribution in [1.29, 1.82) is 0 Å². The lowest BCUT2D eigenvalue weighted by molar-refractivity contribution is 0.0736. The van der Waals surface area contributed by atoms with Gasteiger partial charge in [-0.2, -0.15) is 0 Å². The summed E-state index contributed by atoms with van der Waals surface area (Å²) < 4.78 is 2.12. The largest absolute Gasteiger partial charge is 0.368 e. The fourth-order valence-corrected chi connectivity index (χ4v) is 7.25. The highest BCUT2D eigenvalue weighted by Crippen LogP contribution is 2.34. The van der Waals surface area contributed by atoms with Crippen LogP contribution in [-0.4, -0.2) is 47.5 Å². The number of piperazine rings is 1. The van der Waals surface area contributed by atoms with Gasteiger partial charge in [0, 0.05) is 48.8 Å². The minimum Gasteiger partial charge on any atom is -0.368 e. The van der Waals surface area contributed by atoms with E-state index in [2.05, 4.69) is 58.9 Å². The number of anilines is 2. The van der Waals surface area contributed by atoms with Crippen LogP contribution in [0.3, 0.4) is 0 Å². The molecule has 6 nitrogen and oxygen atoms in total. The Bertz CT molecular complexity index is 1620. The lowest BCUT2D eigenvalue weighted by Gasteiger charge is -2.37. The Morgan fingerprint density at radius 1 is 0.674 bits per heavy atom. The van der Waals surface area contributed by atoms with E-state index < -0.39 is 0 Å². The normalized spacial score (nSPS) is 17.3. The Balaban J connectivity index is 1.11. The Labute approximate surface area is 254 Å². The zero-order valence-corrected chi connectivity index (χ0v) is 25.0. The Hall–Kier alpha value is -4.32. The van der Waals surface area contributed by atoms with Crippen LogP contribution in [0.1, 0.15) is 81.3 Å². The number of rotatable bonds is 4. The first-order valence-corrected chi connectivity index (χ1v) is 15.8. The number of benzene rings is 3. The maximum atomic E-state index is 14.0. The third-order valence-electron chi connectivity index (χ3n) is 9.72. The van der Waals surface area contributed by atoms with E-state index in [-0.39, 0.29) is 11.8 Å². The van der Waals surface area contributed by atoms with Crippen molar-refractivity contribution in [3.05, 3.63) is 119 Å². The van der Waals surface area contributed by atoms with Crippen molar-refractivity contribution in [3.63, 3.8) is 0 Å². The monoisotopic (exact) mass is 572 g/mol. The molecule has 0 N–H and O–H groups in total. The second-order valence-electron chi connectivity index (χ2n) is 12.3. The van der Waals surface area contributed by atoms with E-state index in [4.69, 9.17) is 0 Å². The molecule has 3 aromatic carbocycles. The van der Waals surface area contributed by atoms with E-state index in [0.29, 0.717) is 43.4 Å². The maximum Gasteiger partial charge on any atom is 0.270 e. The van der Waals surface area contributed by atoms with E-state index in [1.165, 1.54) is 48.9 Å². The minimum absolute atomic E-state index is 0.00232. The number of carbonyl (C=O) groups is 2. The first-order chi connectivity index (χ1) is 21.1. The highest BCUT2D eigenvalue weighted by Gasteiger charge is 2.30. The molecule has 6 heteroatoms. The van der Waals surface area contributed by atoms with Crippen molar-refractivity contribution in [2.24, 2.45) is 0 Å². The van der Waals surface area contributed by atoms with Gasteiger partial charge in [0.1, 0.15) is 5.69 Å². The molecule has 0 unspecified atom stereocenters. The Morgan fingerprint density at radius 3 is 2.12 bits per heavy atom. The number of hydrogen-bond donors (Lipinski definition) is 0. The molecule has 43 heavy (non-hydrogen) atoms. The summed E-state index contributed by atoms with van der Waals surface area (Å²) in [6.07, 6.45) is 6.41. The van der Waals surface area contributed by atoms with Crippen LogP contribution in [0.4, 0.5) is 11.4 Å². The molecule has 220 valence electrons. The van der Waals surface area contributed by atoms with Gasteiger partial charge in [-0.05, 0) is 78.8 Å². The Kier molecular flexibility index (Phi) is 7.52. The smallest absolute Gasteiger partial charge is 0.270 e. The topological polar surface area (TPSA) is 48.8 Å². The predicted molar refractivity (Wildman–Crippen MR) is 172 cm³/mol. The molecule has 3 heterocycles. The van der Waals surface area contributed by atoms with Crippen LogP contribution in [0.15, 0.2) is 84.9 Å². The number of para-hydroxylation sites is 2. The average molecular weight is 573 g/mol. The summed E-state index contributed by atoms with van der Waals surface area (Å²) in [7, 11) is 0. The van der Waals surface area contributed by atoms with Gasteiger partial charge in [-0.3, -0.25) is 9.59 Å². The maximum absolute atomic E-state index is 14.0. The van der Waals surface area contributed by atoms with Gasteiger partial charge in [0.25, 0.3) is 11.8 Å². The van der Waals surface area contributed by atoms with Crippen molar-refractivity contribution in [3.8, 4) is 0 Å². The first kappa shape index (κ1) is 27.5. The van der Waals surface area contributed by atoms with Gasteiger partial charge in [-0.25, -0.2) is 0 Å². The summed E-state index contributed by atoms with van der Waals surface area (Å²) in [4.78, 5) is 34.1. The zero-order chi connectivity index (χ0) is 29.3. The number of carbonyl (C=O) groups excluding carboxylic acids is 2. The zero-order valence-electron chi connectivity index (χ0n) is 25.0. The van der Waals surface area contributed by atoms with E-state index in [9.17, 15) is 9.59 Å². The Morgan fingerprint density at radius 2 is 1.37 bits per heavy atom. The summed E-state index contributed by atoms with van der Waals surface area (Å²) in [5.74, 6) is 0.672. The second-order valence-corrected chi connectivity index (χ2v) is 12.3. The van der Waals surface area contributed by atoms with Gasteiger partial charge in [-0.1, -0.05) is 67.8 Å². The number of hydrogen-bond acceptors (Lipinski definition) is 3. The van der Waals surface area contributed by atoms with Crippen LogP contribution < -0.4 is 9.80 Å². The molecule has 3 aliphatic rings. The molecule has 0 atom stereocenters. The van der Waals surface area contributed by atoms with Gasteiger partial charge in [0.15, 0.2) is 0 Å². The molecule has 1 aromatic heterocycles. The van der Waals surface area contributed by atoms with E-state index >= 15 is 0 Å². The number of amides is 2. The molecule has 1 aliphatic carbocycles. The average Bonchev–Trinajstić information content (AvgIpc) is 3.37. The summed E-state index contributed by atoms with van der Waals surface area (Å²) in [5, 5.41) is 0. The highest BCUT2D eigenvalue weighted by atomic mass is 16.2. The lowest BCUT2D eigenvalue weighted by atomic mass is 9.84. The van der Waals surface area contributed by atoms with Gasteiger partial charge in [0.2, 0.25) is 0 Å². The van der Waals surface area contributed by atoms with Crippen LogP contribution in [-0.2, 0) is 13.1 Å². The van der Waals surface area contributed by atoms with E-state index in [1.807, 2.05) is 52.3 Å². The van der Waals surface area contributed by atoms with Gasteiger partial charge in [-0.15, -0.1) is 0 Å². The standard InChI is InChI=1S/C37H40N4O2/c1-27-9-5-7-13-33(27)38-21-23-39(24-22-38)37(43)35-20-19-32-26-41(34-14-8-6-12-31(34)25-40(32)35)36(42)30-17-15-29(16-18-30)28-10-3-2-4-11-28/h5-9,12-20,28H,2-4,10-11,21-26H2,1H3. The first-order valence-electron chi connectivity index (χ1n) is 15.8. The molecule has 2 fully saturated rings. The van der Waals surface area contributed by atoms with Gasteiger partial charge < -0.3 is 19.3 Å². The third kappa shape index (κ3) is 5.35. The number of aromatic nitrogens is 1. The summed E-state index contributed by atoms with van der Waals surface area (Å²) in [5.41, 5.74) is 8.20. The van der Waals surface area contributed by atoms with E-state index in [0.717, 1.165) is 30.0 Å². The van der Waals surface area contributed by atoms with Crippen molar-refractivity contribution < 1.29 is 9.59 Å². The summed E-state index contributed by atoms with van der Waals surface area (Å²) in [6, 6.07) is 28.9. The van der Waals surface area contributed by atoms with Gasteiger partial charge >= 0.3 is 0 Å². The molecule has 1 saturated heterocycles. The lowest BCUT2D eigenvalue weighted by Crippen LogP contribution is -2.49. The molecule has 1 saturated carbocycles. The quantitative estimate of drug-likeness (QED) is 0.264. The fraction of sp³-hybridized carbons (Fsp3) is 0.351. The molecule has 0 spiro atoms. The van der Waals surface area contributed by atoms with Crippen LogP contribution >= 0.6 is 0 Å². The van der Waals surface area contributed by atoms with Crippen LogP contribution in [0, 0.1) is 6.92 Å². The summed E-state index contributed by atoms with van der Waals surface area (Å²) >= 11 is 0. The van der Waals surface area contributed by atoms with Crippen molar-refractivity contribution in [1.82, 2.24) is 9.47 Å². The molecular formula is C37H40N4O2. The molecule has 4 aromatic rings. The molecule has 0 radical (unpaired) electrons. The van der Waals surface area contributed by atoms with E-state index in [1.54, 1.807) is 0 Å². The molecule has 2 amide bonds. The van der Waals surface area contributed by atoms with Gasteiger partial charge in [0.05, 0.1) is 13.1 Å². The SMILES string of the molecule is Cc1ccccc1N1CCN(C(=O)c2ccc3n2Cc2ccccc2N(C(=O)c2ccc(C4CCCCC4)cc2)C3)CC1. The fourth-order valence-electron chi connectivity index (χ4n) is 7.25. The highest BCUT2D eigenvalue weighted by molar-refractivity contribution is 6.06. The number of nitrogens with zero attached hydrogens (tertiary/aromatic N) is 4. The van der Waals surface area contributed by atoms with Crippen LogP contribution in [0.25, 0.3) is 0 Å². The third-order valence-corrected chi connectivity index (χ3v) is 9.72. The van der Waals surface area contributed by atoms with Crippen molar-refractivity contribution in [2.75, 3.05) is 36.0 Å².